The number of hydrogen-bond acceptors (Lipinski definition) is 4. The Labute approximate surface area is 150 Å². The summed E-state index contributed by atoms with van der Waals surface area (Å²) in [6.07, 6.45) is 15.7. The van der Waals surface area contributed by atoms with Gasteiger partial charge < -0.3 is 18.9 Å². The van der Waals surface area contributed by atoms with Crippen LogP contribution in [0.3, 0.4) is 0 Å². The molecule has 0 aromatic carbocycles. The highest BCUT2D eigenvalue weighted by Crippen LogP contribution is 2.31. The van der Waals surface area contributed by atoms with Gasteiger partial charge in [0.1, 0.15) is 6.10 Å². The number of rotatable bonds is 8. The zero-order valence-electron chi connectivity index (χ0n) is 15.0. The molecule has 4 atom stereocenters. The number of allylic oxidation sites excluding steroid dienone is 5. The summed E-state index contributed by atoms with van der Waals surface area (Å²) in [7, 11) is 0. The van der Waals surface area contributed by atoms with Gasteiger partial charge >= 0.3 is 0 Å². The van der Waals surface area contributed by atoms with Crippen molar-refractivity contribution in [3.63, 3.8) is 0 Å². The van der Waals surface area contributed by atoms with E-state index in [1.54, 1.807) is 0 Å². The van der Waals surface area contributed by atoms with Crippen LogP contribution in [0.25, 0.3) is 0 Å². The third-order valence-corrected chi connectivity index (χ3v) is 5.21. The second-order valence-electron chi connectivity index (χ2n) is 7.50. The Balaban J connectivity index is 1.22. The van der Waals surface area contributed by atoms with Gasteiger partial charge in [0.05, 0.1) is 45.2 Å². The van der Waals surface area contributed by atoms with E-state index < -0.39 is 0 Å². The van der Waals surface area contributed by atoms with E-state index in [9.17, 15) is 0 Å². The molecule has 4 rings (SSSR count). The zero-order valence-corrected chi connectivity index (χ0v) is 15.0. The summed E-state index contributed by atoms with van der Waals surface area (Å²) in [5.41, 5.74) is 4.04. The molecular formula is C21H28O4. The summed E-state index contributed by atoms with van der Waals surface area (Å²) in [6.45, 7) is 5.79. The second kappa shape index (κ2) is 8.00. The summed E-state index contributed by atoms with van der Waals surface area (Å²) >= 11 is 0. The standard InChI is InChI=1S/C21H28O4/c1-15-8-20(25-15)12-22-10-16-2-5-18-6-4-17(9-19(18)7-3-16)11-23-13-21-14-24-21/h2,4-6,9,15,19-21H,3,7-8,10-14H2,1H3. The lowest BCUT2D eigenvalue weighted by molar-refractivity contribution is -0.141. The van der Waals surface area contributed by atoms with Crippen LogP contribution >= 0.6 is 0 Å². The van der Waals surface area contributed by atoms with Crippen LogP contribution in [0.2, 0.25) is 0 Å². The minimum atomic E-state index is 0.303. The fraction of sp³-hybridized carbons (Fsp3) is 0.619. The van der Waals surface area contributed by atoms with Gasteiger partial charge in [-0.25, -0.2) is 0 Å². The highest BCUT2D eigenvalue weighted by atomic mass is 16.6. The van der Waals surface area contributed by atoms with Crippen LogP contribution in [-0.2, 0) is 18.9 Å². The molecule has 0 radical (unpaired) electrons. The molecular weight excluding hydrogens is 316 g/mol. The lowest BCUT2D eigenvalue weighted by atomic mass is 9.88. The maximum atomic E-state index is 5.85. The van der Waals surface area contributed by atoms with Gasteiger partial charge in [-0.1, -0.05) is 30.4 Å². The molecule has 4 nitrogen and oxygen atoms in total. The van der Waals surface area contributed by atoms with Gasteiger partial charge in [-0.3, -0.25) is 0 Å². The van der Waals surface area contributed by atoms with Crippen molar-refractivity contribution >= 4 is 0 Å². The first-order chi connectivity index (χ1) is 12.3. The Bertz CT molecular complexity index is 591. The number of ether oxygens (including phenoxy) is 4. The van der Waals surface area contributed by atoms with E-state index in [4.69, 9.17) is 18.9 Å². The Kier molecular flexibility index (Phi) is 5.51. The van der Waals surface area contributed by atoms with E-state index in [0.717, 1.165) is 32.5 Å². The number of hydrogen-bond donors (Lipinski definition) is 0. The van der Waals surface area contributed by atoms with Crippen LogP contribution in [0.15, 0.2) is 47.1 Å². The Morgan fingerprint density at radius 1 is 1.08 bits per heavy atom. The topological polar surface area (TPSA) is 40.2 Å². The quantitative estimate of drug-likeness (QED) is 0.633. The molecule has 0 bridgehead atoms. The average Bonchev–Trinajstić information content (AvgIpc) is 3.41. The van der Waals surface area contributed by atoms with Crippen LogP contribution in [0, 0.1) is 5.92 Å². The maximum absolute atomic E-state index is 5.85. The largest absolute Gasteiger partial charge is 0.374 e. The molecule has 136 valence electrons. The smallest absolute Gasteiger partial charge is 0.104 e. The Morgan fingerprint density at radius 2 is 1.88 bits per heavy atom. The first kappa shape index (κ1) is 17.2. The summed E-state index contributed by atoms with van der Waals surface area (Å²) < 4.78 is 22.3. The van der Waals surface area contributed by atoms with Crippen LogP contribution in [0.5, 0.6) is 0 Å². The lowest BCUT2D eigenvalue weighted by Crippen LogP contribution is -2.38. The fourth-order valence-electron chi connectivity index (χ4n) is 3.61. The summed E-state index contributed by atoms with van der Waals surface area (Å²) in [4.78, 5) is 0. The predicted molar refractivity (Wildman–Crippen MR) is 96.4 cm³/mol. The van der Waals surface area contributed by atoms with Crippen molar-refractivity contribution in [2.45, 2.75) is 44.5 Å². The van der Waals surface area contributed by atoms with Crippen LogP contribution < -0.4 is 0 Å². The minimum Gasteiger partial charge on any atom is -0.374 e. The highest BCUT2D eigenvalue weighted by molar-refractivity contribution is 5.42. The first-order valence-corrected chi connectivity index (χ1v) is 9.47. The molecule has 0 N–H and O–H groups in total. The monoisotopic (exact) mass is 344 g/mol. The van der Waals surface area contributed by atoms with E-state index in [2.05, 4.69) is 37.3 Å². The van der Waals surface area contributed by atoms with E-state index in [0.29, 0.717) is 44.1 Å². The van der Waals surface area contributed by atoms with Crippen molar-refractivity contribution in [3.8, 4) is 0 Å². The van der Waals surface area contributed by atoms with E-state index in [-0.39, 0.29) is 0 Å². The van der Waals surface area contributed by atoms with Crippen molar-refractivity contribution < 1.29 is 18.9 Å². The Hall–Kier alpha value is -1.20. The van der Waals surface area contributed by atoms with Crippen molar-refractivity contribution in [1.82, 2.24) is 0 Å². The molecule has 2 aliphatic heterocycles. The average molecular weight is 344 g/mol. The van der Waals surface area contributed by atoms with Gasteiger partial charge in [-0.05, 0) is 36.5 Å². The van der Waals surface area contributed by atoms with Crippen LogP contribution in [0.1, 0.15) is 26.2 Å². The third-order valence-electron chi connectivity index (χ3n) is 5.21. The number of epoxide rings is 1. The zero-order chi connectivity index (χ0) is 17.1. The molecule has 2 heterocycles. The van der Waals surface area contributed by atoms with Gasteiger partial charge in [0.15, 0.2) is 0 Å². The van der Waals surface area contributed by atoms with Crippen LogP contribution in [0.4, 0.5) is 0 Å². The molecule has 2 saturated heterocycles. The predicted octanol–water partition coefficient (Wildman–Crippen LogP) is 3.35. The highest BCUT2D eigenvalue weighted by Gasteiger charge is 2.26. The molecule has 4 unspecified atom stereocenters. The minimum absolute atomic E-state index is 0.303. The molecule has 0 aromatic rings. The molecule has 4 aliphatic rings. The van der Waals surface area contributed by atoms with Crippen molar-refractivity contribution in [1.29, 1.82) is 0 Å². The summed E-state index contributed by atoms with van der Waals surface area (Å²) in [6, 6.07) is 0. The van der Waals surface area contributed by atoms with Gasteiger partial charge in [0.2, 0.25) is 0 Å². The Morgan fingerprint density at radius 3 is 2.68 bits per heavy atom. The van der Waals surface area contributed by atoms with Crippen molar-refractivity contribution in [2.24, 2.45) is 5.92 Å². The van der Waals surface area contributed by atoms with Gasteiger partial charge in [-0.15, -0.1) is 0 Å². The molecule has 0 spiro atoms. The van der Waals surface area contributed by atoms with E-state index in [1.807, 2.05) is 0 Å². The fourth-order valence-corrected chi connectivity index (χ4v) is 3.61. The molecule has 0 amide bonds. The van der Waals surface area contributed by atoms with Crippen LogP contribution in [-0.4, -0.2) is 51.3 Å². The van der Waals surface area contributed by atoms with Crippen molar-refractivity contribution in [2.75, 3.05) is 33.0 Å². The normalized spacial score (nSPS) is 33.6. The maximum Gasteiger partial charge on any atom is 0.104 e. The summed E-state index contributed by atoms with van der Waals surface area (Å²) in [5.74, 6) is 0.491. The molecule has 2 fully saturated rings. The molecule has 0 saturated carbocycles. The summed E-state index contributed by atoms with van der Waals surface area (Å²) in [5, 5.41) is 0. The van der Waals surface area contributed by atoms with E-state index >= 15 is 0 Å². The molecule has 2 aliphatic carbocycles. The van der Waals surface area contributed by atoms with E-state index in [1.165, 1.54) is 16.7 Å². The SMILES string of the molecule is CC1CC(COCC2=CC=C3C=CC(COCC4CO4)=CC3CC2)O1. The van der Waals surface area contributed by atoms with Crippen molar-refractivity contribution in [3.05, 3.63) is 47.1 Å². The molecule has 25 heavy (non-hydrogen) atoms. The van der Waals surface area contributed by atoms with Gasteiger partial charge in [0.25, 0.3) is 0 Å². The number of fused-ring (bicyclic) bond motifs is 1. The lowest BCUT2D eigenvalue weighted by Gasteiger charge is -2.33. The van der Waals surface area contributed by atoms with Gasteiger partial charge in [-0.2, -0.15) is 0 Å². The van der Waals surface area contributed by atoms with Gasteiger partial charge in [0, 0.05) is 12.3 Å². The first-order valence-electron chi connectivity index (χ1n) is 9.47. The second-order valence-corrected chi connectivity index (χ2v) is 7.50. The third kappa shape index (κ3) is 4.91. The molecule has 0 aromatic heterocycles. The molecule has 4 heteroatoms.